The van der Waals surface area contributed by atoms with Gasteiger partial charge in [-0.1, -0.05) is 19.1 Å². The summed E-state index contributed by atoms with van der Waals surface area (Å²) >= 11 is 3.99. The van der Waals surface area contributed by atoms with E-state index in [-0.39, 0.29) is 11.8 Å². The first-order valence-corrected chi connectivity index (χ1v) is 7.44. The molecule has 0 spiro atoms. The quantitative estimate of drug-likeness (QED) is 0.758. The molecule has 0 aromatic heterocycles. The van der Waals surface area contributed by atoms with Gasteiger partial charge in [0.05, 0.1) is 10.5 Å². The van der Waals surface area contributed by atoms with Crippen LogP contribution in [0.1, 0.15) is 13.3 Å². The highest BCUT2D eigenvalue weighted by molar-refractivity contribution is 8.17. The first-order chi connectivity index (χ1) is 7.20. The number of hydrogen-bond acceptors (Lipinski definition) is 3. The molecule has 0 radical (unpaired) electrons. The number of hydrogen-bond donors (Lipinski definition) is 1. The molecule has 2 aliphatic rings. The molecule has 0 aromatic rings. The number of carboxylic acid groups (broad SMARTS) is 1. The van der Waals surface area contributed by atoms with Crippen LogP contribution in [0.3, 0.4) is 0 Å². The summed E-state index contributed by atoms with van der Waals surface area (Å²) in [6.45, 7) is 2.07. The summed E-state index contributed by atoms with van der Waals surface area (Å²) < 4.78 is 0.578. The van der Waals surface area contributed by atoms with E-state index in [1.165, 1.54) is 17.9 Å². The van der Waals surface area contributed by atoms with Crippen molar-refractivity contribution in [3.63, 3.8) is 0 Å². The van der Waals surface area contributed by atoms with Crippen molar-refractivity contribution in [1.29, 1.82) is 0 Å². The largest absolute Gasteiger partial charge is 0.481 e. The Morgan fingerprint density at radius 3 is 2.53 bits per heavy atom. The molecule has 0 saturated carbocycles. The fourth-order valence-electron chi connectivity index (χ4n) is 2.21. The van der Waals surface area contributed by atoms with Crippen LogP contribution in [0.4, 0.5) is 0 Å². The lowest BCUT2D eigenvalue weighted by Crippen LogP contribution is -2.26. The third-order valence-corrected chi connectivity index (χ3v) is 6.32. The van der Waals surface area contributed by atoms with Crippen molar-refractivity contribution in [2.24, 2.45) is 17.8 Å². The van der Waals surface area contributed by atoms with E-state index in [1.807, 2.05) is 29.6 Å². The first kappa shape index (κ1) is 11.4. The van der Waals surface area contributed by atoms with E-state index in [4.69, 9.17) is 5.11 Å². The second kappa shape index (κ2) is 4.83. The molecule has 84 valence electrons. The molecular weight excluding hydrogens is 228 g/mol. The number of carboxylic acids is 1. The molecular formula is C11H16O2S2. The van der Waals surface area contributed by atoms with Crippen LogP contribution in [0.5, 0.6) is 0 Å². The third-order valence-electron chi connectivity index (χ3n) is 3.17. The van der Waals surface area contributed by atoms with Crippen molar-refractivity contribution in [2.45, 2.75) is 17.9 Å². The van der Waals surface area contributed by atoms with Gasteiger partial charge in [0.15, 0.2) is 0 Å². The topological polar surface area (TPSA) is 37.3 Å². The lowest BCUT2D eigenvalue weighted by Gasteiger charge is -2.29. The summed E-state index contributed by atoms with van der Waals surface area (Å²) in [5.74, 6) is 2.22. The van der Waals surface area contributed by atoms with Gasteiger partial charge in [0, 0.05) is 5.92 Å². The standard InChI is InChI=1S/C11H16O2S2/c1-7-8(10(12)13)3-4-9(7)11-14-5-2-6-15-11/h3-4,7-9,11H,2,5-6H2,1H3,(H,12,13). The number of thioether (sulfide) groups is 2. The van der Waals surface area contributed by atoms with E-state index in [0.717, 1.165) is 0 Å². The zero-order valence-corrected chi connectivity index (χ0v) is 10.4. The molecule has 0 aromatic carbocycles. The Morgan fingerprint density at radius 2 is 2.00 bits per heavy atom. The predicted octanol–water partition coefficient (Wildman–Crippen LogP) is 2.71. The highest BCUT2D eigenvalue weighted by Crippen LogP contribution is 2.44. The minimum absolute atomic E-state index is 0.255. The third kappa shape index (κ3) is 2.36. The Hall–Kier alpha value is -0.0900. The second-order valence-electron chi connectivity index (χ2n) is 4.15. The molecule has 4 heteroatoms. The van der Waals surface area contributed by atoms with E-state index < -0.39 is 5.97 Å². The van der Waals surface area contributed by atoms with Crippen molar-refractivity contribution in [2.75, 3.05) is 11.5 Å². The maximum atomic E-state index is 11.0. The Morgan fingerprint density at radius 1 is 1.33 bits per heavy atom. The summed E-state index contributed by atoms with van der Waals surface area (Å²) in [4.78, 5) is 11.0. The van der Waals surface area contributed by atoms with Gasteiger partial charge in [-0.2, -0.15) is 0 Å². The van der Waals surface area contributed by atoms with Crippen molar-refractivity contribution in [3.8, 4) is 0 Å². The van der Waals surface area contributed by atoms with Gasteiger partial charge in [0.1, 0.15) is 0 Å². The molecule has 3 unspecified atom stereocenters. The smallest absolute Gasteiger partial charge is 0.310 e. The lowest BCUT2D eigenvalue weighted by molar-refractivity contribution is -0.141. The maximum Gasteiger partial charge on any atom is 0.310 e. The molecule has 0 amide bonds. The Balaban J connectivity index is 2.00. The van der Waals surface area contributed by atoms with E-state index in [9.17, 15) is 4.79 Å². The van der Waals surface area contributed by atoms with E-state index >= 15 is 0 Å². The molecule has 0 bridgehead atoms. The van der Waals surface area contributed by atoms with Gasteiger partial charge in [-0.05, 0) is 23.8 Å². The molecule has 1 aliphatic carbocycles. The zero-order valence-electron chi connectivity index (χ0n) is 8.76. The predicted molar refractivity (Wildman–Crippen MR) is 66.2 cm³/mol. The molecule has 2 nitrogen and oxygen atoms in total. The summed E-state index contributed by atoms with van der Waals surface area (Å²) in [6.07, 6.45) is 5.30. The van der Waals surface area contributed by atoms with Crippen molar-refractivity contribution in [3.05, 3.63) is 12.2 Å². The van der Waals surface area contributed by atoms with Gasteiger partial charge in [-0.3, -0.25) is 4.79 Å². The van der Waals surface area contributed by atoms with Gasteiger partial charge in [0.2, 0.25) is 0 Å². The Labute approximate surface area is 98.9 Å². The molecule has 1 aliphatic heterocycles. The lowest BCUT2D eigenvalue weighted by atomic mass is 9.91. The van der Waals surface area contributed by atoms with Crippen LogP contribution in [0.2, 0.25) is 0 Å². The maximum absolute atomic E-state index is 11.0. The van der Waals surface area contributed by atoms with E-state index in [1.54, 1.807) is 0 Å². The molecule has 1 saturated heterocycles. The van der Waals surface area contributed by atoms with Crippen LogP contribution in [-0.2, 0) is 4.79 Å². The summed E-state index contributed by atoms with van der Waals surface area (Å²) in [6, 6.07) is 0. The number of aliphatic carboxylic acids is 1. The fraction of sp³-hybridized carbons (Fsp3) is 0.727. The average molecular weight is 244 g/mol. The average Bonchev–Trinajstić information content (AvgIpc) is 2.61. The van der Waals surface area contributed by atoms with Crippen LogP contribution >= 0.6 is 23.5 Å². The molecule has 1 fully saturated rings. The van der Waals surface area contributed by atoms with Crippen LogP contribution in [0.15, 0.2) is 12.2 Å². The summed E-state index contributed by atoms with van der Waals surface area (Å²) in [5.41, 5.74) is 0. The van der Waals surface area contributed by atoms with Crippen molar-refractivity contribution < 1.29 is 9.90 Å². The molecule has 1 heterocycles. The van der Waals surface area contributed by atoms with Crippen LogP contribution in [-0.4, -0.2) is 27.2 Å². The molecule has 15 heavy (non-hydrogen) atoms. The van der Waals surface area contributed by atoms with Crippen LogP contribution in [0.25, 0.3) is 0 Å². The van der Waals surface area contributed by atoms with Gasteiger partial charge < -0.3 is 5.11 Å². The monoisotopic (exact) mass is 244 g/mol. The summed E-state index contributed by atoms with van der Waals surface area (Å²) in [5, 5.41) is 9.03. The number of allylic oxidation sites excluding steroid dienone is 1. The van der Waals surface area contributed by atoms with Crippen molar-refractivity contribution >= 4 is 29.5 Å². The van der Waals surface area contributed by atoms with E-state index in [2.05, 4.69) is 13.0 Å². The minimum atomic E-state index is -0.674. The van der Waals surface area contributed by atoms with E-state index in [0.29, 0.717) is 10.5 Å². The fourth-order valence-corrected chi connectivity index (χ4v) is 5.57. The van der Waals surface area contributed by atoms with Crippen molar-refractivity contribution in [1.82, 2.24) is 0 Å². The summed E-state index contributed by atoms with van der Waals surface area (Å²) in [7, 11) is 0. The zero-order chi connectivity index (χ0) is 10.8. The molecule has 3 atom stereocenters. The van der Waals surface area contributed by atoms with Crippen LogP contribution in [0, 0.1) is 17.8 Å². The highest BCUT2D eigenvalue weighted by Gasteiger charge is 2.37. The normalized spacial score (nSPS) is 37.0. The SMILES string of the molecule is CC1C(C(=O)O)C=CC1C1SCCCS1. The van der Waals surface area contributed by atoms with Gasteiger partial charge in [-0.25, -0.2) is 0 Å². The minimum Gasteiger partial charge on any atom is -0.481 e. The Bertz CT molecular complexity index is 272. The number of rotatable bonds is 2. The number of carbonyl (C=O) groups is 1. The van der Waals surface area contributed by atoms with Crippen LogP contribution < -0.4 is 0 Å². The van der Waals surface area contributed by atoms with Gasteiger partial charge in [-0.15, -0.1) is 23.5 Å². The highest BCUT2D eigenvalue weighted by atomic mass is 32.2. The Kier molecular flexibility index (Phi) is 3.67. The van der Waals surface area contributed by atoms with Gasteiger partial charge >= 0.3 is 5.97 Å². The second-order valence-corrected chi connectivity index (χ2v) is 6.95. The molecule has 2 rings (SSSR count). The first-order valence-electron chi connectivity index (χ1n) is 5.34. The van der Waals surface area contributed by atoms with Gasteiger partial charge in [0.25, 0.3) is 0 Å². The molecule has 1 N–H and O–H groups in total.